The molecule has 0 radical (unpaired) electrons. The minimum atomic E-state index is -0.510. The molecular weight excluding hydrogens is 182 g/mol. The van der Waals surface area contributed by atoms with Crippen LogP contribution < -0.4 is 5.32 Å². The predicted molar refractivity (Wildman–Crippen MR) is 50.2 cm³/mol. The third-order valence-corrected chi connectivity index (χ3v) is 1.97. The van der Waals surface area contributed by atoms with Gasteiger partial charge in [0.1, 0.15) is 0 Å². The van der Waals surface area contributed by atoms with Crippen molar-refractivity contribution in [3.8, 4) is 11.8 Å². The number of ether oxygens (including phenoxy) is 1. The van der Waals surface area contributed by atoms with Crippen LogP contribution in [0.4, 0.5) is 0 Å². The summed E-state index contributed by atoms with van der Waals surface area (Å²) in [5, 5.41) is 2.73. The highest BCUT2D eigenvalue weighted by molar-refractivity contribution is 5.78. The summed E-state index contributed by atoms with van der Waals surface area (Å²) < 4.78 is 5.00. The van der Waals surface area contributed by atoms with Crippen LogP contribution in [0.3, 0.4) is 0 Å². The summed E-state index contributed by atoms with van der Waals surface area (Å²) in [6.07, 6.45) is 0.642. The van der Waals surface area contributed by atoms with Gasteiger partial charge in [-0.2, -0.15) is 0 Å². The zero-order valence-corrected chi connectivity index (χ0v) is 8.29. The second kappa shape index (κ2) is 4.66. The Balaban J connectivity index is 2.61. The Bertz CT molecular complexity index is 300. The van der Waals surface area contributed by atoms with Crippen LogP contribution in [0, 0.1) is 11.8 Å². The van der Waals surface area contributed by atoms with E-state index in [2.05, 4.69) is 17.2 Å². The molecule has 0 spiro atoms. The van der Waals surface area contributed by atoms with Gasteiger partial charge in [-0.25, -0.2) is 0 Å². The van der Waals surface area contributed by atoms with Crippen molar-refractivity contribution in [2.24, 2.45) is 0 Å². The Morgan fingerprint density at radius 3 is 2.86 bits per heavy atom. The topological polar surface area (TPSA) is 55.4 Å². The van der Waals surface area contributed by atoms with Gasteiger partial charge in [-0.3, -0.25) is 9.59 Å². The summed E-state index contributed by atoms with van der Waals surface area (Å²) in [4.78, 5) is 21.7. The van der Waals surface area contributed by atoms with E-state index >= 15 is 0 Å². The van der Waals surface area contributed by atoms with Crippen LogP contribution in [-0.2, 0) is 14.3 Å². The average Bonchev–Trinajstić information content (AvgIpc) is 2.50. The largest absolute Gasteiger partial charge is 0.447 e. The predicted octanol–water partition coefficient (Wildman–Crippen LogP) is 0.220. The van der Waals surface area contributed by atoms with E-state index in [4.69, 9.17) is 4.74 Å². The fraction of sp³-hybridized carbons (Fsp3) is 0.600. The fourth-order valence-electron chi connectivity index (χ4n) is 1.40. The number of carbonyl (C=O) groups is 2. The molecular formula is C10H13NO3. The smallest absolute Gasteiger partial charge is 0.303 e. The van der Waals surface area contributed by atoms with Crippen molar-refractivity contribution in [2.75, 3.05) is 0 Å². The molecule has 1 N–H and O–H groups in total. The van der Waals surface area contributed by atoms with Crippen LogP contribution in [0.1, 0.15) is 26.7 Å². The van der Waals surface area contributed by atoms with Gasteiger partial charge < -0.3 is 10.1 Å². The molecule has 2 atom stereocenters. The van der Waals surface area contributed by atoms with Crippen LogP contribution >= 0.6 is 0 Å². The molecule has 1 aliphatic heterocycles. The Labute approximate surface area is 83.0 Å². The zero-order chi connectivity index (χ0) is 10.6. The van der Waals surface area contributed by atoms with Gasteiger partial charge in [-0.15, -0.1) is 5.92 Å². The number of esters is 1. The maximum atomic E-state index is 10.9. The molecule has 0 saturated carbocycles. The first kappa shape index (κ1) is 10.6. The maximum absolute atomic E-state index is 10.9. The van der Waals surface area contributed by atoms with Crippen molar-refractivity contribution < 1.29 is 14.3 Å². The molecule has 1 aliphatic rings. The van der Waals surface area contributed by atoms with Crippen LogP contribution in [0.25, 0.3) is 0 Å². The van der Waals surface area contributed by atoms with Crippen molar-refractivity contribution in [3.05, 3.63) is 0 Å². The van der Waals surface area contributed by atoms with Crippen molar-refractivity contribution in [3.63, 3.8) is 0 Å². The van der Waals surface area contributed by atoms with E-state index in [9.17, 15) is 9.59 Å². The number of carbonyl (C=O) groups excluding carboxylic acids is 2. The number of nitrogens with one attached hydrogen (secondary N) is 1. The van der Waals surface area contributed by atoms with Gasteiger partial charge in [-0.05, 0) is 13.3 Å². The number of hydrogen-bond acceptors (Lipinski definition) is 3. The number of amides is 1. The van der Waals surface area contributed by atoms with Gasteiger partial charge in [0, 0.05) is 13.3 Å². The summed E-state index contributed by atoms with van der Waals surface area (Å²) >= 11 is 0. The van der Waals surface area contributed by atoms with E-state index in [-0.39, 0.29) is 17.9 Å². The summed E-state index contributed by atoms with van der Waals surface area (Å²) in [6, 6.07) is -0.154. The molecule has 1 rings (SSSR count). The molecule has 0 aromatic carbocycles. The van der Waals surface area contributed by atoms with E-state index in [1.807, 2.05) is 0 Å². The molecule has 1 amide bonds. The zero-order valence-electron chi connectivity index (χ0n) is 8.29. The lowest BCUT2D eigenvalue weighted by Crippen LogP contribution is -2.38. The highest BCUT2D eigenvalue weighted by atomic mass is 16.5. The van der Waals surface area contributed by atoms with Crippen molar-refractivity contribution in [1.29, 1.82) is 0 Å². The average molecular weight is 195 g/mol. The van der Waals surface area contributed by atoms with E-state index in [0.29, 0.717) is 12.8 Å². The standard InChI is InChI=1S/C10H13NO3/c1-3-4-9(14-7(2)12)8-5-6-10(13)11-8/h8-9H,5-6H2,1-2H3,(H,11,13). The van der Waals surface area contributed by atoms with Crippen LogP contribution in [0.5, 0.6) is 0 Å². The van der Waals surface area contributed by atoms with Gasteiger partial charge in [0.25, 0.3) is 0 Å². The van der Waals surface area contributed by atoms with E-state index in [0.717, 1.165) is 0 Å². The highest BCUT2D eigenvalue weighted by Gasteiger charge is 2.29. The summed E-state index contributed by atoms with van der Waals surface area (Å²) in [6.45, 7) is 3.01. The molecule has 0 aliphatic carbocycles. The highest BCUT2D eigenvalue weighted by Crippen LogP contribution is 2.12. The Kier molecular flexibility index (Phi) is 3.52. The van der Waals surface area contributed by atoms with E-state index in [1.54, 1.807) is 6.92 Å². The minimum absolute atomic E-state index is 0.00921. The second-order valence-electron chi connectivity index (χ2n) is 3.14. The molecule has 1 saturated heterocycles. The van der Waals surface area contributed by atoms with Crippen molar-refractivity contribution in [2.45, 2.75) is 38.8 Å². The molecule has 0 aromatic rings. The molecule has 14 heavy (non-hydrogen) atoms. The Hall–Kier alpha value is -1.50. The summed E-state index contributed by atoms with van der Waals surface area (Å²) in [7, 11) is 0. The monoisotopic (exact) mass is 195 g/mol. The summed E-state index contributed by atoms with van der Waals surface area (Å²) in [5.41, 5.74) is 0. The molecule has 0 bridgehead atoms. The SMILES string of the molecule is CC#CC(OC(C)=O)C1CCC(=O)N1. The molecule has 2 unspecified atom stereocenters. The van der Waals surface area contributed by atoms with Crippen molar-refractivity contribution >= 4 is 11.9 Å². The molecule has 76 valence electrons. The lowest BCUT2D eigenvalue weighted by Gasteiger charge is -2.17. The van der Waals surface area contributed by atoms with Gasteiger partial charge in [0.15, 0.2) is 6.10 Å². The first-order valence-corrected chi connectivity index (χ1v) is 4.52. The molecule has 4 nitrogen and oxygen atoms in total. The Morgan fingerprint density at radius 1 is 1.71 bits per heavy atom. The normalized spacial score (nSPS) is 21.9. The molecule has 4 heteroatoms. The minimum Gasteiger partial charge on any atom is -0.447 e. The maximum Gasteiger partial charge on any atom is 0.303 e. The van der Waals surface area contributed by atoms with Crippen molar-refractivity contribution in [1.82, 2.24) is 5.32 Å². The molecule has 0 aromatic heterocycles. The summed E-state index contributed by atoms with van der Waals surface area (Å²) in [5.74, 6) is 5.07. The van der Waals surface area contributed by atoms with Crippen LogP contribution in [0.2, 0.25) is 0 Å². The quantitative estimate of drug-likeness (QED) is 0.506. The van der Waals surface area contributed by atoms with Gasteiger partial charge in [0.05, 0.1) is 6.04 Å². The van der Waals surface area contributed by atoms with Gasteiger partial charge >= 0.3 is 5.97 Å². The Morgan fingerprint density at radius 2 is 2.43 bits per heavy atom. The van der Waals surface area contributed by atoms with E-state index in [1.165, 1.54) is 6.92 Å². The second-order valence-corrected chi connectivity index (χ2v) is 3.14. The molecule has 1 heterocycles. The lowest BCUT2D eigenvalue weighted by atomic mass is 10.1. The number of rotatable bonds is 2. The third kappa shape index (κ3) is 2.77. The first-order chi connectivity index (χ1) is 6.63. The van der Waals surface area contributed by atoms with E-state index < -0.39 is 6.10 Å². The first-order valence-electron chi connectivity index (χ1n) is 4.52. The van der Waals surface area contributed by atoms with Crippen LogP contribution in [-0.4, -0.2) is 24.0 Å². The number of hydrogen-bond donors (Lipinski definition) is 1. The lowest BCUT2D eigenvalue weighted by molar-refractivity contribution is -0.145. The van der Waals surface area contributed by atoms with Gasteiger partial charge in [-0.1, -0.05) is 5.92 Å². The fourth-order valence-corrected chi connectivity index (χ4v) is 1.40. The van der Waals surface area contributed by atoms with Crippen LogP contribution in [0.15, 0.2) is 0 Å². The third-order valence-electron chi connectivity index (χ3n) is 1.97. The molecule has 1 fully saturated rings. The van der Waals surface area contributed by atoms with Gasteiger partial charge in [0.2, 0.25) is 5.91 Å².